The number of halogens is 3. The average Bonchev–Trinajstić information content (AvgIpc) is 2.84. The number of ether oxygens (including phenoxy) is 1. The quantitative estimate of drug-likeness (QED) is 0.901. The topological polar surface area (TPSA) is 24.5 Å². The lowest BCUT2D eigenvalue weighted by molar-refractivity contribution is -0.274. The Hall–Kier alpha value is -1.43. The van der Waals surface area contributed by atoms with Crippen LogP contribution in [0.15, 0.2) is 24.3 Å². The Morgan fingerprint density at radius 3 is 2.60 bits per heavy atom. The van der Waals surface area contributed by atoms with E-state index in [-0.39, 0.29) is 5.75 Å². The molecule has 1 aromatic rings. The second-order valence-corrected chi connectivity index (χ2v) is 4.95. The van der Waals surface area contributed by atoms with E-state index >= 15 is 0 Å². The molecule has 20 heavy (non-hydrogen) atoms. The maximum Gasteiger partial charge on any atom is 0.573 e. The highest BCUT2D eigenvalue weighted by molar-refractivity contribution is 5.49. The van der Waals surface area contributed by atoms with Crippen molar-refractivity contribution in [3.63, 3.8) is 0 Å². The third-order valence-electron chi connectivity index (χ3n) is 3.40. The van der Waals surface area contributed by atoms with Crippen LogP contribution in [0, 0.1) is 5.92 Å². The zero-order valence-electron chi connectivity index (χ0n) is 11.4. The first-order valence-corrected chi connectivity index (χ1v) is 6.79. The molecule has 0 amide bonds. The monoisotopic (exact) mass is 288 g/mol. The fraction of sp³-hybridized carbons (Fsp3) is 0.571. The summed E-state index contributed by atoms with van der Waals surface area (Å²) in [6.07, 6.45) is -3.53. The number of rotatable bonds is 5. The zero-order valence-corrected chi connectivity index (χ0v) is 11.4. The second kappa shape index (κ2) is 6.35. The van der Waals surface area contributed by atoms with Gasteiger partial charge in [0.2, 0.25) is 0 Å². The summed E-state index contributed by atoms with van der Waals surface area (Å²) in [4.78, 5) is 2.19. The maximum absolute atomic E-state index is 12.1. The Labute approximate surface area is 116 Å². The van der Waals surface area contributed by atoms with E-state index < -0.39 is 6.36 Å². The fourth-order valence-corrected chi connectivity index (χ4v) is 2.44. The molecule has 1 N–H and O–H groups in total. The molecule has 0 aromatic heterocycles. The van der Waals surface area contributed by atoms with Gasteiger partial charge in [0.05, 0.1) is 0 Å². The number of alkyl halides is 3. The molecule has 112 valence electrons. The molecule has 0 saturated carbocycles. The lowest BCUT2D eigenvalue weighted by Gasteiger charge is -2.19. The second-order valence-electron chi connectivity index (χ2n) is 4.95. The Bertz CT molecular complexity index is 419. The molecule has 0 spiro atoms. The van der Waals surface area contributed by atoms with Crippen molar-refractivity contribution in [3.8, 4) is 5.75 Å². The molecule has 0 bridgehead atoms. The average molecular weight is 288 g/mol. The van der Waals surface area contributed by atoms with Crippen LogP contribution in [0.3, 0.4) is 0 Å². The molecule has 1 aliphatic heterocycles. The number of hydrogen-bond acceptors (Lipinski definition) is 3. The first-order chi connectivity index (χ1) is 9.48. The maximum atomic E-state index is 12.1. The summed E-state index contributed by atoms with van der Waals surface area (Å²) in [5.41, 5.74) is 0.943. The van der Waals surface area contributed by atoms with Gasteiger partial charge >= 0.3 is 6.36 Å². The van der Waals surface area contributed by atoms with Gasteiger partial charge in [0.25, 0.3) is 0 Å². The van der Waals surface area contributed by atoms with E-state index in [4.69, 9.17) is 0 Å². The summed E-state index contributed by atoms with van der Waals surface area (Å²) in [5.74, 6) is 0.422. The Kier molecular flexibility index (Phi) is 4.75. The highest BCUT2D eigenvalue weighted by atomic mass is 19.4. The van der Waals surface area contributed by atoms with Gasteiger partial charge in [-0.15, -0.1) is 13.2 Å². The summed E-state index contributed by atoms with van der Waals surface area (Å²) in [6.45, 7) is 5.90. The Balaban J connectivity index is 1.91. The standard InChI is InChI=1S/C14H19F3N2O/c1-2-18-9-11-7-8-19(10-11)12-3-5-13(6-4-12)20-14(15,16)17/h3-6,11,18H,2,7-10H2,1H3. The largest absolute Gasteiger partial charge is 0.573 e. The van der Waals surface area contributed by atoms with Crippen molar-refractivity contribution in [2.45, 2.75) is 19.7 Å². The van der Waals surface area contributed by atoms with Crippen LogP contribution in [0.25, 0.3) is 0 Å². The minimum atomic E-state index is -4.63. The van der Waals surface area contributed by atoms with Crippen LogP contribution in [-0.2, 0) is 0 Å². The van der Waals surface area contributed by atoms with Crippen molar-refractivity contribution < 1.29 is 17.9 Å². The van der Waals surface area contributed by atoms with Crippen molar-refractivity contribution >= 4 is 5.69 Å². The minimum Gasteiger partial charge on any atom is -0.406 e. The summed E-state index contributed by atoms with van der Waals surface area (Å²) >= 11 is 0. The molecule has 1 aliphatic rings. The lowest BCUT2D eigenvalue weighted by atomic mass is 10.1. The molecule has 1 atom stereocenters. The molecular weight excluding hydrogens is 269 g/mol. The number of anilines is 1. The fourth-order valence-electron chi connectivity index (χ4n) is 2.44. The molecule has 1 heterocycles. The molecular formula is C14H19F3N2O. The molecule has 0 aliphatic carbocycles. The van der Waals surface area contributed by atoms with Gasteiger partial charge in [-0.1, -0.05) is 6.92 Å². The Morgan fingerprint density at radius 2 is 2.00 bits per heavy atom. The molecule has 6 heteroatoms. The van der Waals surface area contributed by atoms with Crippen LogP contribution in [0.1, 0.15) is 13.3 Å². The van der Waals surface area contributed by atoms with E-state index in [2.05, 4.69) is 21.9 Å². The number of nitrogens with one attached hydrogen (secondary N) is 1. The number of benzene rings is 1. The van der Waals surface area contributed by atoms with E-state index in [0.717, 1.165) is 38.3 Å². The predicted octanol–water partition coefficient (Wildman–Crippen LogP) is 3.02. The Morgan fingerprint density at radius 1 is 1.30 bits per heavy atom. The third kappa shape index (κ3) is 4.30. The van der Waals surface area contributed by atoms with E-state index in [9.17, 15) is 13.2 Å². The molecule has 3 nitrogen and oxygen atoms in total. The van der Waals surface area contributed by atoms with Crippen molar-refractivity contribution in [1.29, 1.82) is 0 Å². The van der Waals surface area contributed by atoms with Gasteiger partial charge in [-0.05, 0) is 49.7 Å². The van der Waals surface area contributed by atoms with E-state index in [1.165, 1.54) is 12.1 Å². The van der Waals surface area contributed by atoms with E-state index in [1.807, 2.05) is 0 Å². The summed E-state index contributed by atoms with van der Waals surface area (Å²) in [5, 5.41) is 3.33. The summed E-state index contributed by atoms with van der Waals surface area (Å²) in [6, 6.07) is 6.08. The van der Waals surface area contributed by atoms with Crippen LogP contribution in [0.5, 0.6) is 5.75 Å². The molecule has 1 saturated heterocycles. The van der Waals surface area contributed by atoms with E-state index in [1.54, 1.807) is 12.1 Å². The summed E-state index contributed by atoms with van der Waals surface area (Å²) < 4.78 is 40.1. The van der Waals surface area contributed by atoms with Gasteiger partial charge in [0.15, 0.2) is 0 Å². The summed E-state index contributed by atoms with van der Waals surface area (Å²) in [7, 11) is 0. The van der Waals surface area contributed by atoms with Crippen molar-refractivity contribution in [3.05, 3.63) is 24.3 Å². The van der Waals surface area contributed by atoms with Gasteiger partial charge in [-0.3, -0.25) is 0 Å². The molecule has 1 aromatic carbocycles. The highest BCUT2D eigenvalue weighted by Gasteiger charge is 2.31. The highest BCUT2D eigenvalue weighted by Crippen LogP contribution is 2.28. The van der Waals surface area contributed by atoms with E-state index in [0.29, 0.717) is 5.92 Å². The third-order valence-corrected chi connectivity index (χ3v) is 3.40. The van der Waals surface area contributed by atoms with Crippen LogP contribution in [-0.4, -0.2) is 32.5 Å². The number of nitrogens with zero attached hydrogens (tertiary/aromatic N) is 1. The van der Waals surface area contributed by atoms with Gasteiger partial charge < -0.3 is 15.0 Å². The first kappa shape index (κ1) is 15.0. The van der Waals surface area contributed by atoms with Crippen molar-refractivity contribution in [1.82, 2.24) is 5.32 Å². The minimum absolute atomic E-state index is 0.176. The zero-order chi connectivity index (χ0) is 14.6. The van der Waals surface area contributed by atoms with Crippen LogP contribution in [0.2, 0.25) is 0 Å². The smallest absolute Gasteiger partial charge is 0.406 e. The molecule has 0 radical (unpaired) electrons. The van der Waals surface area contributed by atoms with Gasteiger partial charge in [0, 0.05) is 18.8 Å². The van der Waals surface area contributed by atoms with Gasteiger partial charge in [0.1, 0.15) is 5.75 Å². The van der Waals surface area contributed by atoms with Gasteiger partial charge in [-0.2, -0.15) is 0 Å². The normalized spacial score (nSPS) is 19.4. The van der Waals surface area contributed by atoms with Crippen molar-refractivity contribution in [2.24, 2.45) is 5.92 Å². The van der Waals surface area contributed by atoms with Gasteiger partial charge in [-0.25, -0.2) is 0 Å². The van der Waals surface area contributed by atoms with Crippen LogP contribution < -0.4 is 15.0 Å². The molecule has 1 fully saturated rings. The number of hydrogen-bond donors (Lipinski definition) is 1. The first-order valence-electron chi connectivity index (χ1n) is 6.79. The SMILES string of the molecule is CCNCC1CCN(c2ccc(OC(F)(F)F)cc2)C1. The van der Waals surface area contributed by atoms with Crippen molar-refractivity contribution in [2.75, 3.05) is 31.1 Å². The van der Waals surface area contributed by atoms with Crippen LogP contribution >= 0.6 is 0 Å². The molecule has 2 rings (SSSR count). The lowest BCUT2D eigenvalue weighted by Crippen LogP contribution is -2.26. The molecule has 1 unspecified atom stereocenters. The van der Waals surface area contributed by atoms with Crippen LogP contribution in [0.4, 0.5) is 18.9 Å². The predicted molar refractivity (Wildman–Crippen MR) is 72.0 cm³/mol.